The molecule has 0 fully saturated rings. The van der Waals surface area contributed by atoms with E-state index in [0.717, 1.165) is 36.1 Å². The molecule has 32 heavy (non-hydrogen) atoms. The summed E-state index contributed by atoms with van der Waals surface area (Å²) in [6.07, 6.45) is 5.45. The highest BCUT2D eigenvalue weighted by molar-refractivity contribution is 7.18. The molecule has 3 heterocycles. The van der Waals surface area contributed by atoms with E-state index >= 15 is 0 Å². The monoisotopic (exact) mass is 454 g/mol. The van der Waals surface area contributed by atoms with Crippen LogP contribution in [0.1, 0.15) is 23.3 Å². The Balaban J connectivity index is 1.20. The van der Waals surface area contributed by atoms with Crippen LogP contribution in [0.15, 0.2) is 29.3 Å². The molecule has 2 N–H and O–H groups in total. The van der Waals surface area contributed by atoms with Crippen molar-refractivity contribution >= 4 is 39.1 Å². The van der Waals surface area contributed by atoms with E-state index in [1.54, 1.807) is 29.5 Å². The smallest absolute Gasteiger partial charge is 0.262 e. The minimum atomic E-state index is -0.435. The number of ether oxygens (including phenoxy) is 2. The lowest BCUT2D eigenvalue weighted by Crippen LogP contribution is -2.37. The van der Waals surface area contributed by atoms with E-state index in [4.69, 9.17) is 9.47 Å². The topological polar surface area (TPSA) is 112 Å². The average molecular weight is 455 g/mol. The summed E-state index contributed by atoms with van der Waals surface area (Å²) in [5, 5.41) is 5.90. The molecular formula is C22H22N4O5S. The number of carbonyl (C=O) groups is 2. The fourth-order valence-corrected chi connectivity index (χ4v) is 5.23. The first kappa shape index (κ1) is 20.5. The van der Waals surface area contributed by atoms with Crippen molar-refractivity contribution in [1.82, 2.24) is 14.9 Å². The second-order valence-corrected chi connectivity index (χ2v) is 8.84. The van der Waals surface area contributed by atoms with Gasteiger partial charge in [0.2, 0.25) is 11.8 Å². The Kier molecular flexibility index (Phi) is 5.52. The third-order valence-corrected chi connectivity index (χ3v) is 6.73. The maximum Gasteiger partial charge on any atom is 0.262 e. The highest BCUT2D eigenvalue weighted by Gasteiger charge is 2.20. The number of nitrogens with one attached hydrogen (secondary N) is 2. The molecule has 2 amide bonds. The van der Waals surface area contributed by atoms with Crippen molar-refractivity contribution in [2.24, 2.45) is 0 Å². The lowest BCUT2D eigenvalue weighted by atomic mass is 9.97. The van der Waals surface area contributed by atoms with Gasteiger partial charge in [-0.25, -0.2) is 4.98 Å². The van der Waals surface area contributed by atoms with Gasteiger partial charge in [0.1, 0.15) is 24.6 Å². The molecule has 0 unspecified atom stereocenters. The van der Waals surface area contributed by atoms with Gasteiger partial charge in [-0.2, -0.15) is 0 Å². The van der Waals surface area contributed by atoms with E-state index in [-0.39, 0.29) is 24.6 Å². The van der Waals surface area contributed by atoms with E-state index in [9.17, 15) is 14.4 Å². The SMILES string of the molecule is O=C(Cn1cnc2sc3c(c2c1=O)CCCC3)NCC(=O)Nc1ccc2c(c1)OCCO2. The van der Waals surface area contributed by atoms with Crippen LogP contribution in [0.3, 0.4) is 0 Å². The summed E-state index contributed by atoms with van der Waals surface area (Å²) >= 11 is 1.57. The van der Waals surface area contributed by atoms with Crippen molar-refractivity contribution in [2.45, 2.75) is 32.2 Å². The molecule has 1 aromatic carbocycles. The van der Waals surface area contributed by atoms with E-state index < -0.39 is 5.91 Å². The maximum atomic E-state index is 12.9. The number of rotatable bonds is 5. The van der Waals surface area contributed by atoms with Crippen molar-refractivity contribution in [3.05, 3.63) is 45.3 Å². The van der Waals surface area contributed by atoms with Crippen LogP contribution in [-0.2, 0) is 29.0 Å². The lowest BCUT2D eigenvalue weighted by molar-refractivity contribution is -0.124. The van der Waals surface area contributed by atoms with Gasteiger partial charge in [0.25, 0.3) is 5.56 Å². The van der Waals surface area contributed by atoms with E-state index in [1.165, 1.54) is 15.8 Å². The van der Waals surface area contributed by atoms with Gasteiger partial charge in [0.05, 0.1) is 18.3 Å². The molecule has 0 spiro atoms. The zero-order valence-corrected chi connectivity index (χ0v) is 18.1. The predicted octanol–water partition coefficient (Wildman–Crippen LogP) is 1.86. The van der Waals surface area contributed by atoms with Crippen LogP contribution in [0, 0.1) is 0 Å². The van der Waals surface area contributed by atoms with Crippen LogP contribution < -0.4 is 25.7 Å². The van der Waals surface area contributed by atoms with E-state index in [0.29, 0.717) is 35.8 Å². The fraction of sp³-hybridized carbons (Fsp3) is 0.364. The number of hydrogen-bond donors (Lipinski definition) is 2. The van der Waals surface area contributed by atoms with Crippen LogP contribution in [0.5, 0.6) is 11.5 Å². The Morgan fingerprint density at radius 3 is 2.78 bits per heavy atom. The Labute approximate surface area is 187 Å². The van der Waals surface area contributed by atoms with Crippen molar-refractivity contribution in [2.75, 3.05) is 25.1 Å². The molecule has 0 saturated heterocycles. The number of fused-ring (bicyclic) bond motifs is 4. The van der Waals surface area contributed by atoms with Gasteiger partial charge >= 0.3 is 0 Å². The van der Waals surface area contributed by atoms with Gasteiger partial charge in [-0.3, -0.25) is 19.0 Å². The van der Waals surface area contributed by atoms with Crippen LogP contribution in [0.4, 0.5) is 5.69 Å². The number of thiophene rings is 1. The van der Waals surface area contributed by atoms with Gasteiger partial charge < -0.3 is 20.1 Å². The summed E-state index contributed by atoms with van der Waals surface area (Å²) in [6, 6.07) is 5.10. The zero-order valence-electron chi connectivity index (χ0n) is 17.3. The maximum absolute atomic E-state index is 12.9. The summed E-state index contributed by atoms with van der Waals surface area (Å²) in [4.78, 5) is 43.9. The molecule has 0 atom stereocenters. The summed E-state index contributed by atoms with van der Waals surface area (Å²) < 4.78 is 12.3. The van der Waals surface area contributed by atoms with Crippen LogP contribution >= 0.6 is 11.3 Å². The summed E-state index contributed by atoms with van der Waals surface area (Å²) in [7, 11) is 0. The standard InChI is InChI=1S/C22H22N4O5S/c27-18(25-13-5-6-15-16(9-13)31-8-7-30-15)10-23-19(28)11-26-12-24-21-20(22(26)29)14-3-1-2-4-17(14)32-21/h5-6,9,12H,1-4,7-8,10-11H2,(H,23,28)(H,25,27). The van der Waals surface area contributed by atoms with E-state index in [2.05, 4.69) is 15.6 Å². The molecule has 1 aliphatic carbocycles. The predicted molar refractivity (Wildman–Crippen MR) is 120 cm³/mol. The molecule has 2 aromatic heterocycles. The second kappa shape index (κ2) is 8.62. The lowest BCUT2D eigenvalue weighted by Gasteiger charge is -2.19. The number of nitrogens with zero attached hydrogens (tertiary/aromatic N) is 2. The first-order valence-corrected chi connectivity index (χ1v) is 11.4. The summed E-state index contributed by atoms with van der Waals surface area (Å²) in [5.41, 5.74) is 1.43. The minimum Gasteiger partial charge on any atom is -0.486 e. The number of aromatic nitrogens is 2. The molecule has 10 heteroatoms. The van der Waals surface area contributed by atoms with Crippen LogP contribution in [0.25, 0.3) is 10.2 Å². The molecule has 1 aliphatic heterocycles. The normalized spacial score (nSPS) is 14.6. The third-order valence-electron chi connectivity index (χ3n) is 5.53. The van der Waals surface area contributed by atoms with Gasteiger partial charge in [0.15, 0.2) is 11.5 Å². The number of benzene rings is 1. The quantitative estimate of drug-likeness (QED) is 0.609. The van der Waals surface area contributed by atoms with Crippen molar-refractivity contribution < 1.29 is 19.1 Å². The van der Waals surface area contributed by atoms with Crippen LogP contribution in [-0.4, -0.2) is 41.1 Å². The molecule has 0 saturated carbocycles. The first-order chi connectivity index (χ1) is 15.6. The Morgan fingerprint density at radius 2 is 1.91 bits per heavy atom. The van der Waals surface area contributed by atoms with Crippen molar-refractivity contribution in [3.8, 4) is 11.5 Å². The highest BCUT2D eigenvalue weighted by atomic mass is 32.1. The molecule has 3 aromatic rings. The number of anilines is 1. The van der Waals surface area contributed by atoms with Crippen LogP contribution in [0.2, 0.25) is 0 Å². The third kappa shape index (κ3) is 4.05. The summed E-state index contributed by atoms with van der Waals surface area (Å²) in [5.74, 6) is 0.374. The average Bonchev–Trinajstić information content (AvgIpc) is 3.19. The largest absolute Gasteiger partial charge is 0.486 e. The van der Waals surface area contributed by atoms with Gasteiger partial charge in [-0.15, -0.1) is 11.3 Å². The highest BCUT2D eigenvalue weighted by Crippen LogP contribution is 2.34. The Morgan fingerprint density at radius 1 is 1.09 bits per heavy atom. The molecule has 2 aliphatic rings. The minimum absolute atomic E-state index is 0.191. The van der Waals surface area contributed by atoms with Gasteiger partial charge in [0, 0.05) is 16.6 Å². The second-order valence-electron chi connectivity index (χ2n) is 7.75. The molecule has 0 radical (unpaired) electrons. The van der Waals surface area contributed by atoms with Crippen molar-refractivity contribution in [3.63, 3.8) is 0 Å². The van der Waals surface area contributed by atoms with Gasteiger partial charge in [-0.05, 0) is 43.4 Å². The molecule has 9 nitrogen and oxygen atoms in total. The fourth-order valence-electron chi connectivity index (χ4n) is 4.01. The molecule has 5 rings (SSSR count). The van der Waals surface area contributed by atoms with Crippen molar-refractivity contribution in [1.29, 1.82) is 0 Å². The number of carbonyl (C=O) groups excluding carboxylic acids is 2. The first-order valence-electron chi connectivity index (χ1n) is 10.5. The van der Waals surface area contributed by atoms with E-state index in [1.807, 2.05) is 0 Å². The number of hydrogen-bond acceptors (Lipinski definition) is 7. The number of amides is 2. The molecular weight excluding hydrogens is 432 g/mol. The number of aryl methyl sites for hydroxylation is 2. The van der Waals surface area contributed by atoms with Gasteiger partial charge in [-0.1, -0.05) is 0 Å². The Hall–Kier alpha value is -3.40. The zero-order chi connectivity index (χ0) is 22.1. The Bertz CT molecular complexity index is 1270. The molecule has 0 bridgehead atoms. The summed E-state index contributed by atoms with van der Waals surface area (Å²) in [6.45, 7) is 0.537. The molecule has 166 valence electrons.